The minimum absolute atomic E-state index is 0.270. The van der Waals surface area contributed by atoms with E-state index in [2.05, 4.69) is 30.7 Å². The first-order valence-electron chi connectivity index (χ1n) is 9.68. The topological polar surface area (TPSA) is 24.9 Å². The molecule has 0 spiro atoms. The third-order valence-electron chi connectivity index (χ3n) is 6.95. The summed E-state index contributed by atoms with van der Waals surface area (Å²) in [5, 5.41) is 0. The van der Waals surface area contributed by atoms with Gasteiger partial charge in [0.15, 0.2) is 0 Å². The molecule has 4 fully saturated rings. The summed E-state index contributed by atoms with van der Waals surface area (Å²) in [7, 11) is 2.29. The van der Waals surface area contributed by atoms with Crippen LogP contribution in [0.5, 0.6) is 0 Å². The summed E-state index contributed by atoms with van der Waals surface area (Å²) < 4.78 is 11.8. The molecular weight excluding hydrogens is 288 g/mol. The van der Waals surface area contributed by atoms with E-state index >= 15 is 0 Å². The zero-order valence-electron chi connectivity index (χ0n) is 15.2. The predicted molar refractivity (Wildman–Crippen MR) is 91.6 cm³/mol. The number of ether oxygens (including phenoxy) is 2. The lowest BCUT2D eigenvalue weighted by molar-refractivity contribution is -0.116. The van der Waals surface area contributed by atoms with Gasteiger partial charge in [0.25, 0.3) is 0 Å². The van der Waals surface area contributed by atoms with Crippen molar-refractivity contribution in [1.29, 1.82) is 0 Å². The van der Waals surface area contributed by atoms with E-state index in [1.807, 2.05) is 0 Å². The molecule has 4 nitrogen and oxygen atoms in total. The Balaban J connectivity index is 1.34. The highest BCUT2D eigenvalue weighted by Gasteiger charge is 2.44. The molecule has 5 unspecified atom stereocenters. The SMILES string of the molecule is CN1CC2CCC(CC(C)(C)N3CC4OCCOC4C3)CC2C1. The lowest BCUT2D eigenvalue weighted by Crippen LogP contribution is -2.45. The Morgan fingerprint density at radius 3 is 2.26 bits per heavy atom. The van der Waals surface area contributed by atoms with Crippen LogP contribution in [0.3, 0.4) is 0 Å². The maximum Gasteiger partial charge on any atom is 0.0977 e. The van der Waals surface area contributed by atoms with Gasteiger partial charge < -0.3 is 14.4 Å². The van der Waals surface area contributed by atoms with Crippen LogP contribution in [0.4, 0.5) is 0 Å². The van der Waals surface area contributed by atoms with E-state index in [4.69, 9.17) is 9.47 Å². The highest BCUT2D eigenvalue weighted by molar-refractivity contribution is 4.97. The highest BCUT2D eigenvalue weighted by atomic mass is 16.6. The molecule has 1 aliphatic carbocycles. The average molecular weight is 322 g/mol. The molecule has 23 heavy (non-hydrogen) atoms. The van der Waals surface area contributed by atoms with Crippen LogP contribution in [0.1, 0.15) is 39.5 Å². The van der Waals surface area contributed by atoms with Gasteiger partial charge in [0.1, 0.15) is 0 Å². The molecule has 4 rings (SSSR count). The minimum Gasteiger partial charge on any atom is -0.372 e. The Kier molecular flexibility index (Phi) is 4.46. The summed E-state index contributed by atoms with van der Waals surface area (Å²) in [5.41, 5.74) is 0.270. The second kappa shape index (κ2) is 6.29. The van der Waals surface area contributed by atoms with Gasteiger partial charge in [0, 0.05) is 31.7 Å². The minimum atomic E-state index is 0.270. The molecule has 0 N–H and O–H groups in total. The number of fused-ring (bicyclic) bond motifs is 2. The van der Waals surface area contributed by atoms with Gasteiger partial charge in [-0.15, -0.1) is 0 Å². The number of likely N-dealkylation sites (tertiary alicyclic amines) is 2. The summed E-state index contributed by atoms with van der Waals surface area (Å²) >= 11 is 0. The Morgan fingerprint density at radius 2 is 1.57 bits per heavy atom. The van der Waals surface area contributed by atoms with Crippen molar-refractivity contribution in [3.63, 3.8) is 0 Å². The number of nitrogens with zero attached hydrogens (tertiary/aromatic N) is 2. The van der Waals surface area contributed by atoms with E-state index in [-0.39, 0.29) is 5.54 Å². The van der Waals surface area contributed by atoms with Crippen molar-refractivity contribution in [2.75, 3.05) is 46.4 Å². The second-order valence-corrected chi connectivity index (χ2v) is 9.16. The fraction of sp³-hybridized carbons (Fsp3) is 1.00. The fourth-order valence-corrected chi connectivity index (χ4v) is 5.74. The van der Waals surface area contributed by atoms with Crippen LogP contribution in [-0.4, -0.2) is 74.0 Å². The van der Waals surface area contributed by atoms with E-state index in [0.717, 1.165) is 44.1 Å². The van der Waals surface area contributed by atoms with E-state index in [0.29, 0.717) is 12.2 Å². The van der Waals surface area contributed by atoms with Gasteiger partial charge in [-0.25, -0.2) is 0 Å². The molecule has 0 radical (unpaired) electrons. The van der Waals surface area contributed by atoms with Gasteiger partial charge in [0.05, 0.1) is 25.4 Å². The molecule has 0 amide bonds. The van der Waals surface area contributed by atoms with Crippen molar-refractivity contribution >= 4 is 0 Å². The fourth-order valence-electron chi connectivity index (χ4n) is 5.74. The first-order valence-corrected chi connectivity index (χ1v) is 9.68. The van der Waals surface area contributed by atoms with Gasteiger partial charge in [-0.1, -0.05) is 6.42 Å². The van der Waals surface area contributed by atoms with Gasteiger partial charge in [-0.05, 0) is 57.9 Å². The van der Waals surface area contributed by atoms with Crippen LogP contribution in [0, 0.1) is 17.8 Å². The first kappa shape index (κ1) is 16.3. The molecule has 3 heterocycles. The summed E-state index contributed by atoms with van der Waals surface area (Å²) in [4.78, 5) is 5.18. The van der Waals surface area contributed by atoms with Crippen molar-refractivity contribution in [3.05, 3.63) is 0 Å². The van der Waals surface area contributed by atoms with Crippen molar-refractivity contribution in [2.45, 2.75) is 57.3 Å². The summed E-state index contributed by atoms with van der Waals surface area (Å²) in [6.07, 6.45) is 6.29. The molecule has 3 aliphatic heterocycles. The number of rotatable bonds is 3. The van der Waals surface area contributed by atoms with Crippen LogP contribution in [0.25, 0.3) is 0 Å². The van der Waals surface area contributed by atoms with Crippen LogP contribution in [0.15, 0.2) is 0 Å². The molecular formula is C19H34N2O2. The Labute approximate surface area is 141 Å². The lowest BCUT2D eigenvalue weighted by Gasteiger charge is -2.41. The largest absolute Gasteiger partial charge is 0.372 e. The molecule has 3 saturated heterocycles. The lowest BCUT2D eigenvalue weighted by atomic mass is 9.72. The van der Waals surface area contributed by atoms with E-state index in [1.54, 1.807) is 0 Å². The Morgan fingerprint density at radius 1 is 0.913 bits per heavy atom. The third kappa shape index (κ3) is 3.33. The van der Waals surface area contributed by atoms with E-state index in [1.165, 1.54) is 38.8 Å². The molecule has 0 aromatic heterocycles. The molecule has 0 aromatic carbocycles. The molecule has 0 bridgehead atoms. The zero-order valence-corrected chi connectivity index (χ0v) is 15.2. The van der Waals surface area contributed by atoms with Crippen LogP contribution in [0.2, 0.25) is 0 Å². The maximum absolute atomic E-state index is 5.91. The van der Waals surface area contributed by atoms with Crippen LogP contribution >= 0.6 is 0 Å². The number of hydrogen-bond acceptors (Lipinski definition) is 4. The maximum atomic E-state index is 5.91. The summed E-state index contributed by atoms with van der Waals surface area (Å²) in [6.45, 7) is 11.2. The zero-order chi connectivity index (χ0) is 16.0. The molecule has 4 aliphatic rings. The normalized spacial score (nSPS) is 42.7. The highest BCUT2D eigenvalue weighted by Crippen LogP contribution is 2.42. The second-order valence-electron chi connectivity index (χ2n) is 9.16. The summed E-state index contributed by atoms with van der Waals surface area (Å²) in [6, 6.07) is 0. The monoisotopic (exact) mass is 322 g/mol. The Bertz CT molecular complexity index is 414. The molecule has 4 heteroatoms. The molecule has 0 aromatic rings. The average Bonchev–Trinajstić information content (AvgIpc) is 3.09. The standard InChI is InChI=1S/C19H34N2O2/c1-19(2,21-12-17-18(13-21)23-7-6-22-17)9-14-4-5-15-10-20(3)11-16(15)8-14/h14-18H,4-13H2,1-3H3. The molecule has 132 valence electrons. The third-order valence-corrected chi connectivity index (χ3v) is 6.95. The van der Waals surface area contributed by atoms with Crippen molar-refractivity contribution in [2.24, 2.45) is 17.8 Å². The quantitative estimate of drug-likeness (QED) is 0.795. The van der Waals surface area contributed by atoms with Crippen molar-refractivity contribution in [3.8, 4) is 0 Å². The van der Waals surface area contributed by atoms with E-state index < -0.39 is 0 Å². The first-order chi connectivity index (χ1) is 11.0. The van der Waals surface area contributed by atoms with Gasteiger partial charge in [-0.3, -0.25) is 4.90 Å². The van der Waals surface area contributed by atoms with Gasteiger partial charge in [-0.2, -0.15) is 0 Å². The predicted octanol–water partition coefficient (Wildman–Crippen LogP) is 2.23. The van der Waals surface area contributed by atoms with Crippen molar-refractivity contribution in [1.82, 2.24) is 9.80 Å². The van der Waals surface area contributed by atoms with Gasteiger partial charge >= 0.3 is 0 Å². The van der Waals surface area contributed by atoms with Crippen LogP contribution < -0.4 is 0 Å². The Hall–Kier alpha value is -0.160. The van der Waals surface area contributed by atoms with E-state index in [9.17, 15) is 0 Å². The molecule has 5 atom stereocenters. The van der Waals surface area contributed by atoms with Crippen molar-refractivity contribution < 1.29 is 9.47 Å². The molecule has 1 saturated carbocycles. The summed E-state index contributed by atoms with van der Waals surface area (Å²) in [5.74, 6) is 2.85. The smallest absolute Gasteiger partial charge is 0.0977 e. The van der Waals surface area contributed by atoms with Gasteiger partial charge in [0.2, 0.25) is 0 Å². The number of hydrogen-bond donors (Lipinski definition) is 0. The van der Waals surface area contributed by atoms with Crippen LogP contribution in [-0.2, 0) is 9.47 Å².